The zero-order valence-electron chi connectivity index (χ0n) is 17.0. The Balaban J connectivity index is 1.51. The van der Waals surface area contributed by atoms with Gasteiger partial charge in [0.25, 0.3) is 0 Å². The Morgan fingerprint density at radius 3 is 2.47 bits per heavy atom. The molecule has 1 aliphatic heterocycles. The average Bonchev–Trinajstić information content (AvgIpc) is 2.75. The molecule has 1 fully saturated rings. The van der Waals surface area contributed by atoms with Gasteiger partial charge in [0.1, 0.15) is 5.75 Å². The summed E-state index contributed by atoms with van der Waals surface area (Å²) in [7, 11) is -3.40. The number of hydrogen-bond donors (Lipinski definition) is 1. The number of benzene rings is 2. The zero-order valence-corrected chi connectivity index (χ0v) is 19.4. The summed E-state index contributed by atoms with van der Waals surface area (Å²) in [5.74, 6) is 0.537. The van der Waals surface area contributed by atoms with Gasteiger partial charge in [0, 0.05) is 35.6 Å². The molecule has 162 valence electrons. The maximum atomic E-state index is 12.7. The van der Waals surface area contributed by atoms with E-state index in [1.807, 2.05) is 55.5 Å². The van der Waals surface area contributed by atoms with Crippen LogP contribution in [-0.2, 0) is 27.1 Å². The Kier molecular flexibility index (Phi) is 7.91. The third kappa shape index (κ3) is 6.06. The largest absolute Gasteiger partial charge is 0.494 e. The van der Waals surface area contributed by atoms with E-state index in [2.05, 4.69) is 21.2 Å². The van der Waals surface area contributed by atoms with Crippen LogP contribution < -0.4 is 10.1 Å². The number of piperidine rings is 1. The molecule has 1 saturated heterocycles. The third-order valence-corrected chi connectivity index (χ3v) is 7.58. The molecule has 1 N–H and O–H groups in total. The van der Waals surface area contributed by atoms with Crippen molar-refractivity contribution in [1.82, 2.24) is 9.62 Å². The first-order valence-electron chi connectivity index (χ1n) is 10.1. The van der Waals surface area contributed by atoms with Crippen molar-refractivity contribution in [3.05, 3.63) is 64.1 Å². The van der Waals surface area contributed by atoms with Gasteiger partial charge < -0.3 is 10.1 Å². The van der Waals surface area contributed by atoms with Gasteiger partial charge in [-0.15, -0.1) is 0 Å². The number of halogens is 1. The topological polar surface area (TPSA) is 75.7 Å². The fourth-order valence-corrected chi connectivity index (χ4v) is 5.38. The van der Waals surface area contributed by atoms with Gasteiger partial charge in [0.05, 0.1) is 12.4 Å². The van der Waals surface area contributed by atoms with E-state index in [0.717, 1.165) is 21.3 Å². The van der Waals surface area contributed by atoms with E-state index in [0.29, 0.717) is 39.1 Å². The summed E-state index contributed by atoms with van der Waals surface area (Å²) < 4.78 is 33.5. The summed E-state index contributed by atoms with van der Waals surface area (Å²) in [6.07, 6.45) is 1.05. The number of sulfonamides is 1. The number of hydrogen-bond acceptors (Lipinski definition) is 4. The molecule has 1 amide bonds. The third-order valence-electron chi connectivity index (χ3n) is 5.21. The van der Waals surface area contributed by atoms with Gasteiger partial charge in [-0.25, -0.2) is 12.7 Å². The predicted octanol–water partition coefficient (Wildman–Crippen LogP) is 3.71. The Morgan fingerprint density at radius 1 is 1.13 bits per heavy atom. The molecule has 0 bridgehead atoms. The number of para-hydroxylation sites is 1. The monoisotopic (exact) mass is 494 g/mol. The molecular formula is C22H27BrN2O4S. The minimum absolute atomic E-state index is 0.0225. The number of ether oxygens (including phenoxy) is 1. The van der Waals surface area contributed by atoms with Crippen LogP contribution in [0.25, 0.3) is 0 Å². The molecule has 0 unspecified atom stereocenters. The molecule has 30 heavy (non-hydrogen) atoms. The minimum atomic E-state index is -3.40. The molecule has 3 rings (SSSR count). The quantitative estimate of drug-likeness (QED) is 0.606. The van der Waals surface area contributed by atoms with E-state index in [-0.39, 0.29) is 17.6 Å². The molecule has 0 spiro atoms. The van der Waals surface area contributed by atoms with Crippen LogP contribution in [0.4, 0.5) is 0 Å². The van der Waals surface area contributed by atoms with Crippen LogP contribution in [0.1, 0.15) is 30.9 Å². The number of carbonyl (C=O) groups is 1. The van der Waals surface area contributed by atoms with Gasteiger partial charge >= 0.3 is 0 Å². The summed E-state index contributed by atoms with van der Waals surface area (Å²) in [6.45, 7) is 3.63. The van der Waals surface area contributed by atoms with Crippen LogP contribution in [0, 0.1) is 5.92 Å². The highest BCUT2D eigenvalue weighted by molar-refractivity contribution is 9.10. The van der Waals surface area contributed by atoms with Crippen molar-refractivity contribution >= 4 is 31.9 Å². The van der Waals surface area contributed by atoms with Crippen molar-refractivity contribution in [1.29, 1.82) is 0 Å². The molecule has 1 aliphatic rings. The van der Waals surface area contributed by atoms with E-state index >= 15 is 0 Å². The van der Waals surface area contributed by atoms with E-state index in [9.17, 15) is 13.2 Å². The SMILES string of the molecule is CCOc1ccccc1CNC(=O)C1CCN(S(=O)(=O)Cc2ccc(Br)cc2)CC1. The molecule has 0 saturated carbocycles. The second-order valence-corrected chi connectivity index (χ2v) is 10.2. The predicted molar refractivity (Wildman–Crippen MR) is 121 cm³/mol. The maximum absolute atomic E-state index is 12.7. The Morgan fingerprint density at radius 2 is 1.80 bits per heavy atom. The van der Waals surface area contributed by atoms with Crippen molar-refractivity contribution in [2.24, 2.45) is 5.92 Å². The average molecular weight is 495 g/mol. The molecule has 8 heteroatoms. The Hall–Kier alpha value is -1.90. The van der Waals surface area contributed by atoms with E-state index in [4.69, 9.17) is 4.74 Å². The fourth-order valence-electron chi connectivity index (χ4n) is 3.55. The highest BCUT2D eigenvalue weighted by atomic mass is 79.9. The second kappa shape index (κ2) is 10.4. The first kappa shape index (κ1) is 22.8. The second-order valence-electron chi connectivity index (χ2n) is 7.31. The van der Waals surface area contributed by atoms with E-state index in [1.54, 1.807) is 0 Å². The Labute approximate surface area is 186 Å². The summed E-state index contributed by atoms with van der Waals surface area (Å²) in [4.78, 5) is 12.6. The highest BCUT2D eigenvalue weighted by Crippen LogP contribution is 2.23. The summed E-state index contributed by atoms with van der Waals surface area (Å²) >= 11 is 3.36. The number of nitrogens with one attached hydrogen (secondary N) is 1. The molecule has 0 radical (unpaired) electrons. The fraction of sp³-hybridized carbons (Fsp3) is 0.409. The van der Waals surface area contributed by atoms with Crippen molar-refractivity contribution < 1.29 is 17.9 Å². The van der Waals surface area contributed by atoms with Crippen LogP contribution in [0.5, 0.6) is 5.75 Å². The molecule has 2 aromatic rings. The normalized spacial score (nSPS) is 15.7. The summed E-state index contributed by atoms with van der Waals surface area (Å²) in [5, 5.41) is 2.97. The maximum Gasteiger partial charge on any atom is 0.223 e. The van der Waals surface area contributed by atoms with Gasteiger partial charge in [-0.05, 0) is 43.5 Å². The Bertz CT molecular complexity index is 955. The molecule has 0 atom stereocenters. The molecule has 0 aliphatic carbocycles. The smallest absolute Gasteiger partial charge is 0.223 e. The lowest BCUT2D eigenvalue weighted by Crippen LogP contribution is -2.43. The first-order valence-corrected chi connectivity index (χ1v) is 12.5. The lowest BCUT2D eigenvalue weighted by atomic mass is 9.97. The molecule has 2 aromatic carbocycles. The number of carbonyl (C=O) groups excluding carboxylic acids is 1. The number of amides is 1. The number of rotatable bonds is 8. The van der Waals surface area contributed by atoms with Crippen molar-refractivity contribution in [2.75, 3.05) is 19.7 Å². The molecule has 6 nitrogen and oxygen atoms in total. The van der Waals surface area contributed by atoms with Crippen LogP contribution in [0.3, 0.4) is 0 Å². The van der Waals surface area contributed by atoms with Gasteiger partial charge in [0.2, 0.25) is 15.9 Å². The van der Waals surface area contributed by atoms with E-state index < -0.39 is 10.0 Å². The summed E-state index contributed by atoms with van der Waals surface area (Å²) in [6, 6.07) is 14.9. The van der Waals surface area contributed by atoms with Gasteiger partial charge in [-0.3, -0.25) is 4.79 Å². The zero-order chi connectivity index (χ0) is 21.6. The first-order chi connectivity index (χ1) is 14.4. The highest BCUT2D eigenvalue weighted by Gasteiger charge is 2.31. The lowest BCUT2D eigenvalue weighted by Gasteiger charge is -2.30. The molecule has 1 heterocycles. The summed E-state index contributed by atoms with van der Waals surface area (Å²) in [5.41, 5.74) is 1.69. The standard InChI is InChI=1S/C22H27BrN2O4S/c1-2-29-21-6-4-3-5-19(21)15-24-22(26)18-11-13-25(14-12-18)30(27,28)16-17-7-9-20(23)10-8-17/h3-10,18H,2,11-16H2,1H3,(H,24,26). The lowest BCUT2D eigenvalue weighted by molar-refractivity contribution is -0.126. The van der Waals surface area contributed by atoms with Crippen molar-refractivity contribution in [3.8, 4) is 5.75 Å². The van der Waals surface area contributed by atoms with Crippen molar-refractivity contribution in [2.45, 2.75) is 32.1 Å². The van der Waals surface area contributed by atoms with Crippen LogP contribution in [-0.4, -0.2) is 38.3 Å². The minimum Gasteiger partial charge on any atom is -0.494 e. The van der Waals surface area contributed by atoms with Crippen LogP contribution >= 0.6 is 15.9 Å². The van der Waals surface area contributed by atoms with Crippen LogP contribution in [0.15, 0.2) is 53.0 Å². The van der Waals surface area contributed by atoms with Crippen LogP contribution in [0.2, 0.25) is 0 Å². The van der Waals surface area contributed by atoms with Gasteiger partial charge in [-0.1, -0.05) is 46.3 Å². The molecule has 0 aromatic heterocycles. The van der Waals surface area contributed by atoms with Gasteiger partial charge in [-0.2, -0.15) is 0 Å². The van der Waals surface area contributed by atoms with Gasteiger partial charge in [0.15, 0.2) is 0 Å². The molecular weight excluding hydrogens is 468 g/mol. The van der Waals surface area contributed by atoms with E-state index in [1.165, 1.54) is 4.31 Å². The number of nitrogens with zero attached hydrogens (tertiary/aromatic N) is 1. The van der Waals surface area contributed by atoms with Crippen molar-refractivity contribution in [3.63, 3.8) is 0 Å².